The third kappa shape index (κ3) is 2.27. The summed E-state index contributed by atoms with van der Waals surface area (Å²) in [5, 5.41) is 11.2. The van der Waals surface area contributed by atoms with Gasteiger partial charge in [0.15, 0.2) is 5.82 Å². The summed E-state index contributed by atoms with van der Waals surface area (Å²) in [5.74, 6) is 0.741. The fourth-order valence-electron chi connectivity index (χ4n) is 0.942. The first-order valence-electron chi connectivity index (χ1n) is 3.98. The lowest BCUT2D eigenvalue weighted by molar-refractivity contribution is 0.315. The minimum absolute atomic E-state index is 0.180. The quantitative estimate of drug-likeness (QED) is 0.685. The molecule has 1 heterocycles. The molecular weight excluding hydrogens is 154 g/mol. The maximum Gasteiger partial charge on any atom is 0.164 e. The highest BCUT2D eigenvalue weighted by atomic mass is 15.5. The van der Waals surface area contributed by atoms with Gasteiger partial charge in [-0.3, -0.25) is 0 Å². The van der Waals surface area contributed by atoms with E-state index >= 15 is 0 Å². The molecule has 1 rings (SSSR count). The zero-order valence-electron chi connectivity index (χ0n) is 7.78. The summed E-state index contributed by atoms with van der Waals surface area (Å²) in [6, 6.07) is 0. The van der Waals surface area contributed by atoms with Gasteiger partial charge in [-0.2, -0.15) is 0 Å². The summed E-state index contributed by atoms with van der Waals surface area (Å²) in [5.41, 5.74) is 5.63. The van der Waals surface area contributed by atoms with Gasteiger partial charge in [-0.25, -0.2) is 4.68 Å². The second kappa shape index (κ2) is 3.18. The number of nitrogens with two attached hydrogens (primary N) is 1. The maximum absolute atomic E-state index is 5.45. The van der Waals surface area contributed by atoms with Crippen molar-refractivity contribution < 1.29 is 0 Å². The van der Waals surface area contributed by atoms with E-state index < -0.39 is 0 Å². The Kier molecular flexibility index (Phi) is 2.42. The molecule has 0 saturated heterocycles. The van der Waals surface area contributed by atoms with Crippen LogP contribution in [0.25, 0.3) is 0 Å². The van der Waals surface area contributed by atoms with E-state index in [9.17, 15) is 0 Å². The lowest BCUT2D eigenvalue weighted by Crippen LogP contribution is -2.20. The third-order valence-corrected chi connectivity index (χ3v) is 1.41. The largest absolute Gasteiger partial charge is 0.324 e. The second-order valence-corrected chi connectivity index (χ2v) is 4.02. The molecule has 1 aromatic rings. The van der Waals surface area contributed by atoms with Crippen molar-refractivity contribution in [1.82, 2.24) is 20.2 Å². The van der Waals surface area contributed by atoms with Crippen LogP contribution in [0.15, 0.2) is 0 Å². The Morgan fingerprint density at radius 3 is 2.58 bits per heavy atom. The molecular formula is C7H15N5. The predicted octanol–water partition coefficient (Wildman–Crippen LogP) is 0.178. The summed E-state index contributed by atoms with van der Waals surface area (Å²) in [4.78, 5) is 0. The summed E-state index contributed by atoms with van der Waals surface area (Å²) in [6.45, 7) is 7.59. The molecule has 0 aliphatic heterocycles. The number of hydrogen-bond donors (Lipinski definition) is 1. The van der Waals surface area contributed by atoms with E-state index in [1.54, 1.807) is 4.68 Å². The monoisotopic (exact) mass is 169 g/mol. The zero-order valence-corrected chi connectivity index (χ0v) is 7.78. The van der Waals surface area contributed by atoms with Gasteiger partial charge in [-0.05, 0) is 15.8 Å². The summed E-state index contributed by atoms with van der Waals surface area (Å²) in [7, 11) is 0. The molecule has 2 N–H and O–H groups in total. The molecule has 0 aromatic carbocycles. The van der Waals surface area contributed by atoms with Gasteiger partial charge < -0.3 is 5.73 Å². The average molecular weight is 169 g/mol. The number of rotatable bonds is 2. The van der Waals surface area contributed by atoms with Gasteiger partial charge >= 0.3 is 0 Å². The Balaban J connectivity index is 2.75. The lowest BCUT2D eigenvalue weighted by atomic mass is 9.97. The van der Waals surface area contributed by atoms with Gasteiger partial charge in [0.2, 0.25) is 0 Å². The van der Waals surface area contributed by atoms with E-state index in [0.29, 0.717) is 6.54 Å². The first kappa shape index (κ1) is 9.12. The maximum atomic E-state index is 5.45. The SMILES string of the molecule is CC(C)(C)Cn1nnnc1CN. The van der Waals surface area contributed by atoms with Crippen molar-refractivity contribution in [3.05, 3.63) is 5.82 Å². The van der Waals surface area contributed by atoms with Crippen LogP contribution in [0.1, 0.15) is 26.6 Å². The summed E-state index contributed by atoms with van der Waals surface area (Å²) in [6.07, 6.45) is 0. The van der Waals surface area contributed by atoms with E-state index in [4.69, 9.17) is 5.73 Å². The van der Waals surface area contributed by atoms with Crippen LogP contribution in [-0.4, -0.2) is 20.2 Å². The van der Waals surface area contributed by atoms with E-state index in [1.165, 1.54) is 0 Å². The zero-order chi connectivity index (χ0) is 9.19. The topological polar surface area (TPSA) is 69.6 Å². The standard InChI is InChI=1S/C7H15N5/c1-7(2,3)5-12-6(4-8)9-10-11-12/h4-5,8H2,1-3H3. The molecule has 0 aliphatic carbocycles. The third-order valence-electron chi connectivity index (χ3n) is 1.41. The summed E-state index contributed by atoms with van der Waals surface area (Å²) < 4.78 is 1.75. The van der Waals surface area contributed by atoms with Crippen LogP contribution < -0.4 is 5.73 Å². The second-order valence-electron chi connectivity index (χ2n) is 4.02. The van der Waals surface area contributed by atoms with Crippen molar-refractivity contribution in [1.29, 1.82) is 0 Å². The van der Waals surface area contributed by atoms with E-state index in [2.05, 4.69) is 36.3 Å². The molecule has 0 aliphatic rings. The van der Waals surface area contributed by atoms with Gasteiger partial charge in [0, 0.05) is 6.54 Å². The summed E-state index contributed by atoms with van der Waals surface area (Å²) >= 11 is 0. The van der Waals surface area contributed by atoms with Gasteiger partial charge in [-0.1, -0.05) is 20.8 Å². The first-order chi connectivity index (χ1) is 5.53. The molecule has 12 heavy (non-hydrogen) atoms. The van der Waals surface area contributed by atoms with Gasteiger partial charge in [0.1, 0.15) is 0 Å². The minimum atomic E-state index is 0.180. The Morgan fingerprint density at radius 1 is 1.42 bits per heavy atom. The molecule has 0 amide bonds. The first-order valence-corrected chi connectivity index (χ1v) is 3.98. The molecule has 1 aromatic heterocycles. The fraction of sp³-hybridized carbons (Fsp3) is 0.857. The lowest BCUT2D eigenvalue weighted by Gasteiger charge is -2.17. The van der Waals surface area contributed by atoms with Crippen LogP contribution in [0.4, 0.5) is 0 Å². The van der Waals surface area contributed by atoms with Gasteiger partial charge in [0.25, 0.3) is 0 Å². The minimum Gasteiger partial charge on any atom is -0.324 e. The molecule has 5 nitrogen and oxygen atoms in total. The Bertz CT molecular complexity index is 247. The van der Waals surface area contributed by atoms with Crippen molar-refractivity contribution in [3.8, 4) is 0 Å². The Hall–Kier alpha value is -0.970. The highest BCUT2D eigenvalue weighted by molar-refractivity contribution is 4.79. The molecule has 68 valence electrons. The van der Waals surface area contributed by atoms with Crippen LogP contribution in [0.5, 0.6) is 0 Å². The molecule has 0 fully saturated rings. The molecule has 0 radical (unpaired) electrons. The Labute approximate surface area is 71.9 Å². The predicted molar refractivity (Wildman–Crippen MR) is 45.2 cm³/mol. The van der Waals surface area contributed by atoms with Crippen LogP contribution in [-0.2, 0) is 13.1 Å². The van der Waals surface area contributed by atoms with E-state index in [-0.39, 0.29) is 5.41 Å². The van der Waals surface area contributed by atoms with E-state index in [0.717, 1.165) is 12.4 Å². The van der Waals surface area contributed by atoms with Crippen molar-refractivity contribution in [2.75, 3.05) is 0 Å². The molecule has 0 unspecified atom stereocenters. The molecule has 0 atom stereocenters. The number of nitrogens with zero attached hydrogens (tertiary/aromatic N) is 4. The molecule has 5 heteroatoms. The number of tetrazole rings is 1. The van der Waals surface area contributed by atoms with Crippen molar-refractivity contribution in [2.45, 2.75) is 33.9 Å². The molecule has 0 saturated carbocycles. The van der Waals surface area contributed by atoms with Crippen LogP contribution in [0.3, 0.4) is 0 Å². The average Bonchev–Trinajstić information content (AvgIpc) is 2.31. The van der Waals surface area contributed by atoms with Crippen LogP contribution >= 0.6 is 0 Å². The fourth-order valence-corrected chi connectivity index (χ4v) is 0.942. The molecule has 0 spiro atoms. The highest BCUT2D eigenvalue weighted by Gasteiger charge is 2.14. The number of aromatic nitrogens is 4. The molecule has 0 bridgehead atoms. The van der Waals surface area contributed by atoms with Crippen molar-refractivity contribution in [3.63, 3.8) is 0 Å². The van der Waals surface area contributed by atoms with Gasteiger partial charge in [-0.15, -0.1) is 5.10 Å². The highest BCUT2D eigenvalue weighted by Crippen LogP contribution is 2.15. The van der Waals surface area contributed by atoms with Crippen molar-refractivity contribution in [2.24, 2.45) is 11.1 Å². The smallest absolute Gasteiger partial charge is 0.164 e. The normalized spacial score (nSPS) is 12.0. The Morgan fingerprint density at radius 2 is 2.08 bits per heavy atom. The van der Waals surface area contributed by atoms with Gasteiger partial charge in [0.05, 0.1) is 6.54 Å². The number of hydrogen-bond acceptors (Lipinski definition) is 4. The van der Waals surface area contributed by atoms with Crippen LogP contribution in [0, 0.1) is 5.41 Å². The van der Waals surface area contributed by atoms with Crippen molar-refractivity contribution >= 4 is 0 Å². The van der Waals surface area contributed by atoms with Crippen LogP contribution in [0.2, 0.25) is 0 Å². The van der Waals surface area contributed by atoms with E-state index in [1.807, 2.05) is 0 Å².